The van der Waals surface area contributed by atoms with Crippen LogP contribution in [0, 0.1) is 0 Å². The predicted molar refractivity (Wildman–Crippen MR) is 97.9 cm³/mol. The van der Waals surface area contributed by atoms with Crippen molar-refractivity contribution in [2.75, 3.05) is 18.1 Å². The van der Waals surface area contributed by atoms with Crippen molar-refractivity contribution in [3.63, 3.8) is 0 Å². The summed E-state index contributed by atoms with van der Waals surface area (Å²) in [7, 11) is 0. The molecule has 2 fully saturated rings. The molecule has 5 heteroatoms. The lowest BCUT2D eigenvalue weighted by atomic mass is 10.1. The van der Waals surface area contributed by atoms with Crippen molar-refractivity contribution in [3.8, 4) is 0 Å². The van der Waals surface area contributed by atoms with Crippen molar-refractivity contribution in [1.82, 2.24) is 0 Å². The lowest BCUT2D eigenvalue weighted by Crippen LogP contribution is -2.35. The van der Waals surface area contributed by atoms with Crippen LogP contribution < -0.4 is 0 Å². The molecule has 3 rings (SSSR count). The summed E-state index contributed by atoms with van der Waals surface area (Å²) in [6, 6.07) is 10.4. The normalized spacial score (nSPS) is 26.3. The van der Waals surface area contributed by atoms with Crippen LogP contribution >= 0.6 is 23.5 Å². The van der Waals surface area contributed by atoms with E-state index in [2.05, 4.69) is 47.8 Å². The number of rotatable bonds is 6. The first-order valence-electron chi connectivity index (χ1n) is 8.33. The standard InChI is InChI=1S/C18H26O3S2/c1-18(2)20-13-16(21-18)15(11-17-22-9-6-10-23-17)19-12-14-7-4-3-5-8-14/h3-5,7-8,15-17H,6,9-13H2,1-2H3/t15-,16?/m1/s1. The zero-order valence-electron chi connectivity index (χ0n) is 13.9. The molecule has 0 radical (unpaired) electrons. The summed E-state index contributed by atoms with van der Waals surface area (Å²) >= 11 is 4.12. The topological polar surface area (TPSA) is 27.7 Å². The Kier molecular flexibility index (Phi) is 6.32. The highest BCUT2D eigenvalue weighted by atomic mass is 32.2. The third kappa shape index (κ3) is 5.40. The van der Waals surface area contributed by atoms with Crippen LogP contribution in [0.1, 0.15) is 32.3 Å². The van der Waals surface area contributed by atoms with Crippen molar-refractivity contribution in [1.29, 1.82) is 0 Å². The molecule has 3 nitrogen and oxygen atoms in total. The van der Waals surface area contributed by atoms with E-state index in [9.17, 15) is 0 Å². The first-order chi connectivity index (χ1) is 11.1. The SMILES string of the molecule is CC1(C)OCC([C@@H](CC2SCCCS2)OCc2ccccc2)O1. The molecule has 0 N–H and O–H groups in total. The Morgan fingerprint density at radius 3 is 2.61 bits per heavy atom. The van der Waals surface area contributed by atoms with Gasteiger partial charge in [0.25, 0.3) is 0 Å². The Hall–Kier alpha value is -0.200. The molecule has 0 aromatic heterocycles. The molecule has 0 aliphatic carbocycles. The third-order valence-electron chi connectivity index (χ3n) is 4.07. The van der Waals surface area contributed by atoms with Gasteiger partial charge in [-0.1, -0.05) is 30.3 Å². The van der Waals surface area contributed by atoms with Gasteiger partial charge in [0.15, 0.2) is 5.79 Å². The van der Waals surface area contributed by atoms with Gasteiger partial charge in [0, 0.05) is 0 Å². The van der Waals surface area contributed by atoms with E-state index in [1.165, 1.54) is 23.5 Å². The van der Waals surface area contributed by atoms with Crippen LogP contribution in [0.5, 0.6) is 0 Å². The van der Waals surface area contributed by atoms with Gasteiger partial charge in [-0.15, -0.1) is 23.5 Å². The number of hydrogen-bond donors (Lipinski definition) is 0. The number of hydrogen-bond acceptors (Lipinski definition) is 5. The van der Waals surface area contributed by atoms with E-state index in [1.54, 1.807) is 0 Å². The van der Waals surface area contributed by atoms with Crippen LogP contribution in [-0.2, 0) is 20.8 Å². The second-order valence-electron chi connectivity index (χ2n) is 6.46. The first-order valence-corrected chi connectivity index (χ1v) is 10.4. The minimum Gasteiger partial charge on any atom is -0.371 e. The van der Waals surface area contributed by atoms with Crippen molar-refractivity contribution in [2.24, 2.45) is 0 Å². The second kappa shape index (κ2) is 8.26. The van der Waals surface area contributed by atoms with Crippen molar-refractivity contribution < 1.29 is 14.2 Å². The van der Waals surface area contributed by atoms with Gasteiger partial charge in [0.2, 0.25) is 0 Å². The maximum Gasteiger partial charge on any atom is 0.163 e. The maximum atomic E-state index is 6.28. The molecule has 2 aliphatic heterocycles. The second-order valence-corrected chi connectivity index (χ2v) is 9.38. The first kappa shape index (κ1) is 17.6. The zero-order valence-corrected chi connectivity index (χ0v) is 15.5. The molecule has 1 aromatic rings. The Balaban J connectivity index is 1.60. The summed E-state index contributed by atoms with van der Waals surface area (Å²) < 4.78 is 18.7. The van der Waals surface area contributed by atoms with Crippen molar-refractivity contribution in [3.05, 3.63) is 35.9 Å². The fraction of sp³-hybridized carbons (Fsp3) is 0.667. The van der Waals surface area contributed by atoms with Gasteiger partial charge in [0.05, 0.1) is 23.9 Å². The van der Waals surface area contributed by atoms with Gasteiger partial charge in [-0.25, -0.2) is 0 Å². The number of ether oxygens (including phenoxy) is 3. The van der Waals surface area contributed by atoms with E-state index in [0.29, 0.717) is 17.8 Å². The van der Waals surface area contributed by atoms with E-state index < -0.39 is 5.79 Å². The summed E-state index contributed by atoms with van der Waals surface area (Å²) in [4.78, 5) is 0. The Morgan fingerprint density at radius 2 is 1.96 bits per heavy atom. The van der Waals surface area contributed by atoms with E-state index in [1.807, 2.05) is 19.9 Å². The molecule has 0 bridgehead atoms. The van der Waals surface area contributed by atoms with Crippen molar-refractivity contribution >= 4 is 23.5 Å². The lowest BCUT2D eigenvalue weighted by Gasteiger charge is -2.29. The monoisotopic (exact) mass is 354 g/mol. The van der Waals surface area contributed by atoms with Gasteiger partial charge in [-0.3, -0.25) is 0 Å². The zero-order chi connectivity index (χ0) is 16.1. The molecule has 2 atom stereocenters. The quantitative estimate of drug-likeness (QED) is 0.759. The Labute approximate surface area is 147 Å². The van der Waals surface area contributed by atoms with Crippen LogP contribution in [-0.4, -0.2) is 40.7 Å². The molecular weight excluding hydrogens is 328 g/mol. The van der Waals surface area contributed by atoms with Crippen LogP contribution in [0.4, 0.5) is 0 Å². The highest BCUT2D eigenvalue weighted by Gasteiger charge is 2.39. The maximum absolute atomic E-state index is 6.28. The fourth-order valence-corrected chi connectivity index (χ4v) is 5.81. The highest BCUT2D eigenvalue weighted by molar-refractivity contribution is 8.17. The summed E-state index contributed by atoms with van der Waals surface area (Å²) in [6.07, 6.45) is 2.45. The molecule has 128 valence electrons. The Morgan fingerprint density at radius 1 is 1.22 bits per heavy atom. The van der Waals surface area contributed by atoms with Gasteiger partial charge < -0.3 is 14.2 Å². The smallest absolute Gasteiger partial charge is 0.163 e. The minimum atomic E-state index is -0.494. The van der Waals surface area contributed by atoms with Crippen molar-refractivity contribution in [2.45, 2.75) is 55.9 Å². The van der Waals surface area contributed by atoms with Crippen LogP contribution in [0.15, 0.2) is 30.3 Å². The van der Waals surface area contributed by atoms with Gasteiger partial charge in [0.1, 0.15) is 6.10 Å². The average molecular weight is 355 g/mol. The van der Waals surface area contributed by atoms with E-state index in [0.717, 1.165) is 6.42 Å². The molecule has 2 heterocycles. The molecule has 0 amide bonds. The van der Waals surface area contributed by atoms with E-state index in [-0.39, 0.29) is 12.2 Å². The van der Waals surface area contributed by atoms with Crippen LogP contribution in [0.2, 0.25) is 0 Å². The third-order valence-corrected chi connectivity index (χ3v) is 7.07. The number of benzene rings is 1. The number of thioether (sulfide) groups is 2. The summed E-state index contributed by atoms with van der Waals surface area (Å²) in [5.74, 6) is 2.03. The van der Waals surface area contributed by atoms with Crippen LogP contribution in [0.3, 0.4) is 0 Å². The van der Waals surface area contributed by atoms with E-state index >= 15 is 0 Å². The van der Waals surface area contributed by atoms with Gasteiger partial charge in [-0.05, 0) is 43.8 Å². The molecule has 0 spiro atoms. The predicted octanol–water partition coefficient (Wildman–Crippen LogP) is 4.31. The van der Waals surface area contributed by atoms with Crippen LogP contribution in [0.25, 0.3) is 0 Å². The minimum absolute atomic E-state index is 0.0249. The largest absolute Gasteiger partial charge is 0.371 e. The van der Waals surface area contributed by atoms with Gasteiger partial charge >= 0.3 is 0 Å². The summed E-state index contributed by atoms with van der Waals surface area (Å²) in [6.45, 7) is 5.21. The Bertz CT molecular complexity index is 474. The molecule has 2 aliphatic rings. The average Bonchev–Trinajstić information content (AvgIpc) is 2.93. The summed E-state index contributed by atoms with van der Waals surface area (Å²) in [5.41, 5.74) is 1.21. The van der Waals surface area contributed by atoms with Gasteiger partial charge in [-0.2, -0.15) is 0 Å². The van der Waals surface area contributed by atoms with E-state index in [4.69, 9.17) is 14.2 Å². The lowest BCUT2D eigenvalue weighted by molar-refractivity contribution is -0.158. The summed E-state index contributed by atoms with van der Waals surface area (Å²) in [5, 5.41) is 0. The highest BCUT2D eigenvalue weighted by Crippen LogP contribution is 2.36. The molecular formula is C18H26O3S2. The molecule has 1 unspecified atom stereocenters. The molecule has 2 saturated heterocycles. The molecule has 23 heavy (non-hydrogen) atoms. The molecule has 0 saturated carbocycles. The molecule has 1 aromatic carbocycles. The fourth-order valence-electron chi connectivity index (χ4n) is 2.87.